The van der Waals surface area contributed by atoms with Crippen molar-refractivity contribution >= 4 is 10.0 Å². The molecule has 0 saturated carbocycles. The number of piperidine rings is 1. The first-order chi connectivity index (χ1) is 9.77. The predicted molar refractivity (Wildman–Crippen MR) is 79.9 cm³/mol. The van der Waals surface area contributed by atoms with Gasteiger partial charge in [0.1, 0.15) is 5.82 Å². The van der Waals surface area contributed by atoms with Crippen molar-refractivity contribution in [1.82, 2.24) is 4.31 Å². The van der Waals surface area contributed by atoms with Gasteiger partial charge >= 0.3 is 0 Å². The van der Waals surface area contributed by atoms with Crippen LogP contribution in [0.5, 0.6) is 0 Å². The molecule has 1 fully saturated rings. The maximum atomic E-state index is 13.1. The Bertz CT molecular complexity index is 603. The highest BCUT2D eigenvalue weighted by Crippen LogP contribution is 2.30. The zero-order valence-corrected chi connectivity index (χ0v) is 13.2. The first-order valence-corrected chi connectivity index (χ1v) is 9.01. The summed E-state index contributed by atoms with van der Waals surface area (Å²) in [6.07, 6.45) is 2.75. The molecule has 4 nitrogen and oxygen atoms in total. The molecule has 6 heteroatoms. The molecule has 1 aliphatic heterocycles. The summed E-state index contributed by atoms with van der Waals surface area (Å²) >= 11 is 0. The first-order valence-electron chi connectivity index (χ1n) is 7.16. The number of rotatable bonds is 4. The standard InChI is InChI=1S/C15H22FNO3S/c1-11-8-13(16)5-6-14(11)15(18)9-12-4-3-7-17(10-12)21(2,19)20/h5-6,8,12,15,18H,3-4,7,9-10H2,1-2H3. The van der Waals surface area contributed by atoms with E-state index in [1.54, 1.807) is 13.0 Å². The molecule has 1 aromatic carbocycles. The molecule has 1 saturated heterocycles. The van der Waals surface area contributed by atoms with Crippen LogP contribution in [0, 0.1) is 18.7 Å². The topological polar surface area (TPSA) is 57.6 Å². The van der Waals surface area contributed by atoms with Crippen LogP contribution in [0.1, 0.15) is 36.5 Å². The molecule has 0 spiro atoms. The summed E-state index contributed by atoms with van der Waals surface area (Å²) in [5.74, 6) is -0.183. The van der Waals surface area contributed by atoms with Crippen molar-refractivity contribution in [2.24, 2.45) is 5.92 Å². The van der Waals surface area contributed by atoms with Crippen molar-refractivity contribution in [3.05, 3.63) is 35.1 Å². The van der Waals surface area contributed by atoms with Gasteiger partial charge in [-0.2, -0.15) is 0 Å². The molecule has 0 aliphatic carbocycles. The third kappa shape index (κ3) is 4.25. The Balaban J connectivity index is 2.03. The van der Waals surface area contributed by atoms with Gasteiger partial charge in [0.25, 0.3) is 0 Å². The van der Waals surface area contributed by atoms with Crippen LogP contribution in [0.25, 0.3) is 0 Å². The van der Waals surface area contributed by atoms with Crippen molar-refractivity contribution in [2.75, 3.05) is 19.3 Å². The number of benzene rings is 1. The molecule has 0 bridgehead atoms. The van der Waals surface area contributed by atoms with Gasteiger partial charge in [0.2, 0.25) is 10.0 Å². The second-order valence-corrected chi connectivity index (χ2v) is 7.86. The Morgan fingerprint density at radius 2 is 2.19 bits per heavy atom. The summed E-state index contributed by atoms with van der Waals surface area (Å²) in [6, 6.07) is 4.35. The fourth-order valence-electron chi connectivity index (χ4n) is 2.98. The summed E-state index contributed by atoms with van der Waals surface area (Å²) in [7, 11) is -3.17. The number of hydrogen-bond acceptors (Lipinski definition) is 3. The summed E-state index contributed by atoms with van der Waals surface area (Å²) in [5, 5.41) is 10.3. The summed E-state index contributed by atoms with van der Waals surface area (Å²) in [6.45, 7) is 2.78. The predicted octanol–water partition coefficient (Wildman–Crippen LogP) is 2.23. The molecule has 0 radical (unpaired) electrons. The van der Waals surface area contributed by atoms with E-state index in [1.165, 1.54) is 22.7 Å². The number of halogens is 1. The highest BCUT2D eigenvalue weighted by atomic mass is 32.2. The van der Waals surface area contributed by atoms with Crippen LogP contribution in [0.2, 0.25) is 0 Å². The monoisotopic (exact) mass is 315 g/mol. The minimum absolute atomic E-state index is 0.132. The van der Waals surface area contributed by atoms with Crippen LogP contribution < -0.4 is 0 Å². The third-order valence-corrected chi connectivity index (χ3v) is 5.37. The van der Waals surface area contributed by atoms with Gasteiger partial charge in [-0.1, -0.05) is 6.07 Å². The summed E-state index contributed by atoms with van der Waals surface area (Å²) < 4.78 is 37.8. The second-order valence-electron chi connectivity index (χ2n) is 5.88. The van der Waals surface area contributed by atoms with Gasteiger partial charge in [0.15, 0.2) is 0 Å². The Labute approximate surface area is 125 Å². The molecule has 1 aromatic rings. The van der Waals surface area contributed by atoms with Crippen LogP contribution in [-0.4, -0.2) is 37.2 Å². The van der Waals surface area contributed by atoms with Crippen LogP contribution in [-0.2, 0) is 10.0 Å². The molecule has 118 valence electrons. The van der Waals surface area contributed by atoms with E-state index in [9.17, 15) is 17.9 Å². The minimum Gasteiger partial charge on any atom is -0.388 e. The SMILES string of the molecule is Cc1cc(F)ccc1C(O)CC1CCCN(S(C)(=O)=O)C1. The van der Waals surface area contributed by atoms with Crippen molar-refractivity contribution in [3.63, 3.8) is 0 Å². The van der Waals surface area contributed by atoms with E-state index in [0.717, 1.165) is 18.4 Å². The Morgan fingerprint density at radius 1 is 1.48 bits per heavy atom. The van der Waals surface area contributed by atoms with Gasteiger partial charge < -0.3 is 5.11 Å². The zero-order chi connectivity index (χ0) is 15.6. The lowest BCUT2D eigenvalue weighted by Crippen LogP contribution is -2.39. The molecular formula is C15H22FNO3S. The maximum absolute atomic E-state index is 13.1. The van der Waals surface area contributed by atoms with Crippen molar-refractivity contribution < 1.29 is 17.9 Å². The number of aliphatic hydroxyl groups excluding tert-OH is 1. The number of aliphatic hydroxyl groups is 1. The molecule has 21 heavy (non-hydrogen) atoms. The smallest absolute Gasteiger partial charge is 0.211 e. The number of nitrogens with zero attached hydrogens (tertiary/aromatic N) is 1. The molecular weight excluding hydrogens is 293 g/mol. The van der Waals surface area contributed by atoms with Gasteiger partial charge in [0, 0.05) is 13.1 Å². The highest BCUT2D eigenvalue weighted by molar-refractivity contribution is 7.88. The molecule has 2 unspecified atom stereocenters. The first kappa shape index (κ1) is 16.4. The minimum atomic E-state index is -3.17. The van der Waals surface area contributed by atoms with Crippen LogP contribution in [0.3, 0.4) is 0 Å². The fourth-order valence-corrected chi connectivity index (χ4v) is 3.92. The molecule has 1 heterocycles. The summed E-state index contributed by atoms with van der Waals surface area (Å²) in [5.41, 5.74) is 1.44. The van der Waals surface area contributed by atoms with E-state index in [-0.39, 0.29) is 11.7 Å². The lowest BCUT2D eigenvalue weighted by molar-refractivity contribution is 0.122. The highest BCUT2D eigenvalue weighted by Gasteiger charge is 2.27. The summed E-state index contributed by atoms with van der Waals surface area (Å²) in [4.78, 5) is 0. The number of aryl methyl sites for hydroxylation is 1. The van der Waals surface area contributed by atoms with Gasteiger partial charge in [-0.15, -0.1) is 0 Å². The number of hydrogen-bond donors (Lipinski definition) is 1. The lowest BCUT2D eigenvalue weighted by atomic mass is 9.89. The van der Waals surface area contributed by atoms with E-state index in [2.05, 4.69) is 0 Å². The average molecular weight is 315 g/mol. The molecule has 2 rings (SSSR count). The van der Waals surface area contributed by atoms with E-state index < -0.39 is 16.1 Å². The lowest BCUT2D eigenvalue weighted by Gasteiger charge is -2.32. The van der Waals surface area contributed by atoms with Gasteiger partial charge in [-0.25, -0.2) is 17.1 Å². The fraction of sp³-hybridized carbons (Fsp3) is 0.600. The quantitative estimate of drug-likeness (QED) is 0.927. The van der Waals surface area contributed by atoms with Gasteiger partial charge in [0.05, 0.1) is 12.4 Å². The van der Waals surface area contributed by atoms with Crippen molar-refractivity contribution in [3.8, 4) is 0 Å². The van der Waals surface area contributed by atoms with Gasteiger partial charge in [-0.3, -0.25) is 0 Å². The normalized spacial score (nSPS) is 22.2. The number of sulfonamides is 1. The molecule has 0 aromatic heterocycles. The van der Waals surface area contributed by atoms with E-state index in [1.807, 2.05) is 0 Å². The second kappa shape index (κ2) is 6.42. The molecule has 1 N–H and O–H groups in total. The molecule has 2 atom stereocenters. The Hall–Kier alpha value is -0.980. The Morgan fingerprint density at radius 3 is 2.81 bits per heavy atom. The van der Waals surface area contributed by atoms with Crippen LogP contribution in [0.4, 0.5) is 4.39 Å². The largest absolute Gasteiger partial charge is 0.388 e. The van der Waals surface area contributed by atoms with Crippen molar-refractivity contribution in [2.45, 2.75) is 32.3 Å². The third-order valence-electron chi connectivity index (χ3n) is 4.10. The van der Waals surface area contributed by atoms with E-state index >= 15 is 0 Å². The average Bonchev–Trinajstić information content (AvgIpc) is 2.37. The van der Waals surface area contributed by atoms with Gasteiger partial charge in [-0.05, 0) is 55.4 Å². The molecule has 1 aliphatic rings. The van der Waals surface area contributed by atoms with Crippen LogP contribution in [0.15, 0.2) is 18.2 Å². The Kier molecular flexibility index (Phi) is 5.01. The molecule has 0 amide bonds. The van der Waals surface area contributed by atoms with Crippen molar-refractivity contribution in [1.29, 1.82) is 0 Å². The van der Waals surface area contributed by atoms with E-state index in [0.29, 0.717) is 25.1 Å². The zero-order valence-electron chi connectivity index (χ0n) is 12.4. The maximum Gasteiger partial charge on any atom is 0.211 e. The van der Waals surface area contributed by atoms with Crippen LogP contribution >= 0.6 is 0 Å². The van der Waals surface area contributed by atoms with E-state index in [4.69, 9.17) is 0 Å².